The zero-order chi connectivity index (χ0) is 22.7. The summed E-state index contributed by atoms with van der Waals surface area (Å²) < 4.78 is 1.66. The highest BCUT2D eigenvalue weighted by Gasteiger charge is 2.19. The van der Waals surface area contributed by atoms with Gasteiger partial charge in [0.05, 0.1) is 17.6 Å². The molecule has 4 rings (SSSR count). The molecule has 4 aromatic rings. The zero-order valence-electron chi connectivity index (χ0n) is 17.6. The van der Waals surface area contributed by atoms with Crippen molar-refractivity contribution in [2.24, 2.45) is 0 Å². The van der Waals surface area contributed by atoms with Gasteiger partial charge in [0.25, 0.3) is 5.56 Å². The highest BCUT2D eigenvalue weighted by molar-refractivity contribution is 5.88. The monoisotopic (exact) mass is 420 g/mol. The van der Waals surface area contributed by atoms with E-state index in [2.05, 4.69) is 33.2 Å². The molecule has 0 saturated heterocycles. The number of fused-ring (bicyclic) bond motifs is 1. The van der Waals surface area contributed by atoms with Crippen molar-refractivity contribution in [3.8, 4) is 23.6 Å². The third kappa shape index (κ3) is 3.76. The van der Waals surface area contributed by atoms with E-state index in [-0.39, 0.29) is 23.1 Å². The van der Waals surface area contributed by atoms with Crippen molar-refractivity contribution in [3.63, 3.8) is 0 Å². The summed E-state index contributed by atoms with van der Waals surface area (Å²) in [6.07, 6.45) is 1.37. The van der Waals surface area contributed by atoms with Crippen LogP contribution in [0.3, 0.4) is 0 Å². The lowest BCUT2D eigenvalue weighted by molar-refractivity contribution is 0.772. The quantitative estimate of drug-likeness (QED) is 0.486. The lowest BCUT2D eigenvalue weighted by atomic mass is 10.0. The van der Waals surface area contributed by atoms with E-state index in [1.54, 1.807) is 11.5 Å². The van der Waals surface area contributed by atoms with Crippen molar-refractivity contribution in [2.45, 2.75) is 19.9 Å². The van der Waals surface area contributed by atoms with Crippen LogP contribution in [0.5, 0.6) is 0 Å². The van der Waals surface area contributed by atoms with E-state index in [0.717, 1.165) is 11.1 Å². The van der Waals surface area contributed by atoms with Crippen molar-refractivity contribution in [2.75, 3.05) is 11.1 Å². The van der Waals surface area contributed by atoms with Gasteiger partial charge >= 0.3 is 0 Å². The number of aromatic nitrogens is 3. The molecule has 32 heavy (non-hydrogen) atoms. The van der Waals surface area contributed by atoms with Gasteiger partial charge in [-0.3, -0.25) is 9.36 Å². The van der Waals surface area contributed by atoms with Crippen molar-refractivity contribution in [1.82, 2.24) is 14.5 Å². The number of rotatable bonds is 4. The summed E-state index contributed by atoms with van der Waals surface area (Å²) in [7, 11) is 0. The Morgan fingerprint density at radius 2 is 1.91 bits per heavy atom. The van der Waals surface area contributed by atoms with Gasteiger partial charge in [0.1, 0.15) is 17.5 Å². The summed E-state index contributed by atoms with van der Waals surface area (Å²) >= 11 is 0. The van der Waals surface area contributed by atoms with Gasteiger partial charge in [0.15, 0.2) is 0 Å². The summed E-state index contributed by atoms with van der Waals surface area (Å²) in [6, 6.07) is 18.7. The first-order valence-corrected chi connectivity index (χ1v) is 9.99. The minimum Gasteiger partial charge on any atom is -0.368 e. The van der Waals surface area contributed by atoms with E-state index < -0.39 is 0 Å². The van der Waals surface area contributed by atoms with Crippen LogP contribution < -0.4 is 16.6 Å². The van der Waals surface area contributed by atoms with Crippen molar-refractivity contribution in [1.29, 1.82) is 5.26 Å². The summed E-state index contributed by atoms with van der Waals surface area (Å²) in [5, 5.41) is 14.0. The predicted molar refractivity (Wildman–Crippen MR) is 125 cm³/mol. The fourth-order valence-corrected chi connectivity index (χ4v) is 3.65. The minimum absolute atomic E-state index is 0.0560. The second-order valence-corrected chi connectivity index (χ2v) is 7.16. The summed E-state index contributed by atoms with van der Waals surface area (Å²) in [5.74, 6) is 6.28. The number of nitrogen functional groups attached to an aromatic ring is 1. The molecule has 0 aliphatic rings. The van der Waals surface area contributed by atoms with E-state index in [1.807, 2.05) is 61.5 Å². The SMILES string of the molecule is CC#Cc1cccc2cc(C(C)Nc3nc(N)ncc3C#N)n(-c3ccccc3)c(=O)c12. The summed E-state index contributed by atoms with van der Waals surface area (Å²) in [4.78, 5) is 21.8. The van der Waals surface area contributed by atoms with Crippen LogP contribution in [-0.2, 0) is 0 Å². The smallest absolute Gasteiger partial charge is 0.264 e. The topological polar surface area (TPSA) is 110 Å². The normalized spacial score (nSPS) is 11.3. The number of benzene rings is 2. The Labute approximate surface area is 185 Å². The van der Waals surface area contributed by atoms with Gasteiger partial charge in [-0.2, -0.15) is 10.2 Å². The Balaban J connectivity index is 1.96. The Bertz CT molecular complexity index is 1470. The molecule has 0 saturated carbocycles. The number of nitriles is 1. The number of nitrogens with one attached hydrogen (secondary N) is 1. The first-order chi connectivity index (χ1) is 15.5. The Hall–Kier alpha value is -4.62. The molecular weight excluding hydrogens is 400 g/mol. The van der Waals surface area contributed by atoms with Gasteiger partial charge in [0, 0.05) is 16.9 Å². The number of hydrogen-bond donors (Lipinski definition) is 2. The lowest BCUT2D eigenvalue weighted by Crippen LogP contribution is -2.26. The zero-order valence-corrected chi connectivity index (χ0v) is 17.6. The average Bonchev–Trinajstić information content (AvgIpc) is 2.80. The molecule has 0 amide bonds. The van der Waals surface area contributed by atoms with Crippen LogP contribution in [0.2, 0.25) is 0 Å². The lowest BCUT2D eigenvalue weighted by Gasteiger charge is -2.22. The number of nitrogens with two attached hydrogens (primary N) is 1. The third-order valence-corrected chi connectivity index (χ3v) is 5.07. The van der Waals surface area contributed by atoms with Crippen LogP contribution in [0, 0.1) is 23.2 Å². The predicted octanol–water partition coefficient (Wildman–Crippen LogP) is 3.78. The van der Waals surface area contributed by atoms with E-state index in [9.17, 15) is 10.1 Å². The second-order valence-electron chi connectivity index (χ2n) is 7.16. The van der Waals surface area contributed by atoms with Crippen LogP contribution >= 0.6 is 0 Å². The fraction of sp³-hybridized carbons (Fsp3) is 0.120. The molecule has 0 aliphatic carbocycles. The number of anilines is 2. The Morgan fingerprint density at radius 3 is 2.62 bits per heavy atom. The molecule has 156 valence electrons. The molecular formula is C25H20N6O. The van der Waals surface area contributed by atoms with Crippen LogP contribution in [0.4, 0.5) is 11.8 Å². The number of nitrogens with zero attached hydrogens (tertiary/aromatic N) is 4. The Morgan fingerprint density at radius 1 is 1.12 bits per heavy atom. The first-order valence-electron chi connectivity index (χ1n) is 9.99. The highest BCUT2D eigenvalue weighted by Crippen LogP contribution is 2.26. The summed E-state index contributed by atoms with van der Waals surface area (Å²) in [5.41, 5.74) is 7.93. The average molecular weight is 420 g/mol. The van der Waals surface area contributed by atoms with E-state index in [0.29, 0.717) is 22.5 Å². The molecule has 2 heterocycles. The van der Waals surface area contributed by atoms with Crippen molar-refractivity contribution < 1.29 is 0 Å². The van der Waals surface area contributed by atoms with E-state index in [4.69, 9.17) is 5.73 Å². The molecule has 1 unspecified atom stereocenters. The van der Waals surface area contributed by atoms with Gasteiger partial charge in [-0.25, -0.2) is 4.98 Å². The molecule has 7 nitrogen and oxygen atoms in total. The minimum atomic E-state index is -0.380. The van der Waals surface area contributed by atoms with Crippen molar-refractivity contribution in [3.05, 3.63) is 88.0 Å². The molecule has 0 radical (unpaired) electrons. The summed E-state index contributed by atoms with van der Waals surface area (Å²) in [6.45, 7) is 3.64. The fourth-order valence-electron chi connectivity index (χ4n) is 3.65. The van der Waals surface area contributed by atoms with E-state index in [1.165, 1.54) is 6.20 Å². The number of hydrogen-bond acceptors (Lipinski definition) is 6. The molecule has 2 aromatic heterocycles. The van der Waals surface area contributed by atoms with E-state index >= 15 is 0 Å². The first kappa shape index (κ1) is 20.6. The molecule has 0 aliphatic heterocycles. The van der Waals surface area contributed by atoms with Crippen LogP contribution in [0.15, 0.2) is 65.6 Å². The molecule has 0 fully saturated rings. The molecule has 0 bridgehead atoms. The standard InChI is InChI=1S/C25H20N6O/c1-3-8-17-9-7-10-18-13-21(16(2)29-23-19(14-26)15-28-25(27)30-23)31(24(32)22(17)18)20-11-5-4-6-12-20/h4-7,9-13,15-16H,1-2H3,(H3,27,28,29,30). The molecule has 7 heteroatoms. The number of para-hydroxylation sites is 1. The highest BCUT2D eigenvalue weighted by atomic mass is 16.1. The van der Waals surface area contributed by atoms with Crippen molar-refractivity contribution >= 4 is 22.5 Å². The maximum absolute atomic E-state index is 13.7. The van der Waals surface area contributed by atoms with Gasteiger partial charge in [-0.1, -0.05) is 36.3 Å². The Kier molecular flexibility index (Phi) is 5.57. The molecule has 1 atom stereocenters. The largest absolute Gasteiger partial charge is 0.368 e. The van der Waals surface area contributed by atoms with Crippen LogP contribution in [0.1, 0.15) is 36.7 Å². The second kappa shape index (κ2) is 8.63. The van der Waals surface area contributed by atoms with Gasteiger partial charge < -0.3 is 11.1 Å². The van der Waals surface area contributed by atoms with Gasteiger partial charge in [-0.05, 0) is 43.5 Å². The van der Waals surface area contributed by atoms with Crippen LogP contribution in [-0.4, -0.2) is 14.5 Å². The number of pyridine rings is 1. The maximum atomic E-state index is 13.7. The molecule has 3 N–H and O–H groups in total. The molecule has 0 spiro atoms. The van der Waals surface area contributed by atoms with Crippen LogP contribution in [0.25, 0.3) is 16.5 Å². The van der Waals surface area contributed by atoms with Gasteiger partial charge in [0.2, 0.25) is 5.95 Å². The maximum Gasteiger partial charge on any atom is 0.264 e. The third-order valence-electron chi connectivity index (χ3n) is 5.07. The van der Waals surface area contributed by atoms with Gasteiger partial charge in [-0.15, -0.1) is 5.92 Å². The molecule has 2 aromatic carbocycles.